The SMILES string of the molecule is C[C@@H]1CCc2c(sc3ncnc(N4CCNC(=O)C[C@H]4C)c23)C1. The lowest BCUT2D eigenvalue weighted by molar-refractivity contribution is -0.120. The second-order valence-corrected chi connectivity index (χ2v) is 7.91. The van der Waals surface area contributed by atoms with E-state index in [9.17, 15) is 4.79 Å². The van der Waals surface area contributed by atoms with Crippen LogP contribution < -0.4 is 10.2 Å². The van der Waals surface area contributed by atoms with Crippen LogP contribution in [-0.2, 0) is 17.6 Å². The number of rotatable bonds is 1. The summed E-state index contributed by atoms with van der Waals surface area (Å²) in [7, 11) is 0. The minimum absolute atomic E-state index is 0.131. The molecule has 0 radical (unpaired) electrons. The molecule has 3 heterocycles. The molecule has 2 aromatic heterocycles. The number of nitrogens with one attached hydrogen (secondary N) is 1. The van der Waals surface area contributed by atoms with Gasteiger partial charge in [0.2, 0.25) is 5.91 Å². The molecular formula is C17H22N4OS. The van der Waals surface area contributed by atoms with Crippen molar-refractivity contribution in [1.82, 2.24) is 15.3 Å². The van der Waals surface area contributed by atoms with E-state index in [0.29, 0.717) is 13.0 Å². The molecule has 1 aliphatic carbocycles. The van der Waals surface area contributed by atoms with Crippen LogP contribution in [0.3, 0.4) is 0 Å². The molecule has 122 valence electrons. The van der Waals surface area contributed by atoms with Crippen molar-refractivity contribution < 1.29 is 4.79 Å². The highest BCUT2D eigenvalue weighted by atomic mass is 32.1. The number of aryl methyl sites for hydroxylation is 1. The van der Waals surface area contributed by atoms with Crippen LogP contribution in [0.1, 0.15) is 37.1 Å². The molecule has 0 aromatic carbocycles. The van der Waals surface area contributed by atoms with Gasteiger partial charge >= 0.3 is 0 Å². The number of anilines is 1. The zero-order chi connectivity index (χ0) is 16.0. The van der Waals surface area contributed by atoms with Gasteiger partial charge in [-0.2, -0.15) is 0 Å². The van der Waals surface area contributed by atoms with Gasteiger partial charge in [0, 0.05) is 30.4 Å². The van der Waals surface area contributed by atoms with Crippen molar-refractivity contribution in [1.29, 1.82) is 0 Å². The van der Waals surface area contributed by atoms with E-state index in [4.69, 9.17) is 0 Å². The fourth-order valence-electron chi connectivity index (χ4n) is 3.78. The third kappa shape index (κ3) is 2.59. The first-order valence-electron chi connectivity index (χ1n) is 8.42. The Bertz CT molecular complexity index is 756. The smallest absolute Gasteiger partial charge is 0.222 e. The Balaban J connectivity index is 1.82. The predicted octanol–water partition coefficient (Wildman–Crippen LogP) is 2.53. The first kappa shape index (κ1) is 14.9. The highest BCUT2D eigenvalue weighted by Gasteiger charge is 2.28. The van der Waals surface area contributed by atoms with Crippen molar-refractivity contribution in [3.8, 4) is 0 Å². The Labute approximate surface area is 140 Å². The summed E-state index contributed by atoms with van der Waals surface area (Å²) < 4.78 is 0. The fourth-order valence-corrected chi connectivity index (χ4v) is 5.12. The lowest BCUT2D eigenvalue weighted by atomic mass is 9.89. The summed E-state index contributed by atoms with van der Waals surface area (Å²) in [5, 5.41) is 4.20. The second kappa shape index (κ2) is 5.74. The van der Waals surface area contributed by atoms with Crippen LogP contribution in [0.2, 0.25) is 0 Å². The summed E-state index contributed by atoms with van der Waals surface area (Å²) >= 11 is 1.83. The maximum absolute atomic E-state index is 11.8. The summed E-state index contributed by atoms with van der Waals surface area (Å²) in [4.78, 5) is 25.8. The van der Waals surface area contributed by atoms with E-state index < -0.39 is 0 Å². The Morgan fingerprint density at radius 3 is 3.04 bits per heavy atom. The molecule has 0 unspecified atom stereocenters. The summed E-state index contributed by atoms with van der Waals surface area (Å²) in [6.07, 6.45) is 5.72. The molecular weight excluding hydrogens is 308 g/mol. The second-order valence-electron chi connectivity index (χ2n) is 6.83. The molecule has 0 spiro atoms. The lowest BCUT2D eigenvalue weighted by Crippen LogP contribution is -2.35. The Morgan fingerprint density at radius 1 is 1.30 bits per heavy atom. The average Bonchev–Trinajstić information content (AvgIpc) is 2.79. The van der Waals surface area contributed by atoms with Gasteiger partial charge in [-0.25, -0.2) is 9.97 Å². The Hall–Kier alpha value is -1.69. The van der Waals surface area contributed by atoms with Crippen molar-refractivity contribution in [3.63, 3.8) is 0 Å². The minimum atomic E-state index is 0.131. The normalized spacial score (nSPS) is 25.1. The lowest BCUT2D eigenvalue weighted by Gasteiger charge is -2.28. The molecule has 2 atom stereocenters. The number of carbonyl (C=O) groups is 1. The molecule has 1 aliphatic heterocycles. The minimum Gasteiger partial charge on any atom is -0.354 e. The van der Waals surface area contributed by atoms with Crippen molar-refractivity contribution in [2.45, 2.75) is 45.6 Å². The van der Waals surface area contributed by atoms with Gasteiger partial charge in [0.1, 0.15) is 17.0 Å². The predicted molar refractivity (Wildman–Crippen MR) is 93.0 cm³/mol. The molecule has 2 aliphatic rings. The van der Waals surface area contributed by atoms with Gasteiger partial charge in [-0.1, -0.05) is 6.92 Å². The van der Waals surface area contributed by atoms with Crippen LogP contribution in [0.15, 0.2) is 6.33 Å². The van der Waals surface area contributed by atoms with Crippen LogP contribution in [0, 0.1) is 5.92 Å². The zero-order valence-electron chi connectivity index (χ0n) is 13.6. The van der Waals surface area contributed by atoms with E-state index in [1.807, 2.05) is 11.3 Å². The van der Waals surface area contributed by atoms with Gasteiger partial charge in [0.25, 0.3) is 0 Å². The molecule has 1 saturated heterocycles. The molecule has 23 heavy (non-hydrogen) atoms. The van der Waals surface area contributed by atoms with E-state index in [0.717, 1.165) is 36.0 Å². The topological polar surface area (TPSA) is 58.1 Å². The average molecular weight is 330 g/mol. The molecule has 4 rings (SSSR count). The monoisotopic (exact) mass is 330 g/mol. The molecule has 0 saturated carbocycles. The van der Waals surface area contributed by atoms with Gasteiger partial charge in [-0.3, -0.25) is 4.79 Å². The van der Waals surface area contributed by atoms with Gasteiger partial charge in [0.05, 0.1) is 5.39 Å². The molecule has 1 N–H and O–H groups in total. The number of hydrogen-bond acceptors (Lipinski definition) is 5. The number of hydrogen-bond donors (Lipinski definition) is 1. The number of fused-ring (bicyclic) bond motifs is 3. The van der Waals surface area contributed by atoms with Gasteiger partial charge in [-0.15, -0.1) is 11.3 Å². The molecule has 2 aromatic rings. The van der Waals surface area contributed by atoms with Crippen LogP contribution in [0.25, 0.3) is 10.2 Å². The Kier molecular flexibility index (Phi) is 3.71. The third-order valence-corrected chi connectivity index (χ3v) is 6.19. The highest BCUT2D eigenvalue weighted by molar-refractivity contribution is 7.19. The molecule has 6 heteroatoms. The summed E-state index contributed by atoms with van der Waals surface area (Å²) in [6, 6.07) is 0.161. The summed E-state index contributed by atoms with van der Waals surface area (Å²) in [6.45, 7) is 5.92. The third-order valence-electron chi connectivity index (χ3n) is 5.03. The molecule has 0 bridgehead atoms. The number of nitrogens with zero attached hydrogens (tertiary/aromatic N) is 3. The highest BCUT2D eigenvalue weighted by Crippen LogP contribution is 2.41. The first-order valence-corrected chi connectivity index (χ1v) is 9.23. The van der Waals surface area contributed by atoms with Gasteiger partial charge in [0.15, 0.2) is 0 Å². The Morgan fingerprint density at radius 2 is 2.17 bits per heavy atom. The molecule has 5 nitrogen and oxygen atoms in total. The first-order chi connectivity index (χ1) is 11.1. The van der Waals surface area contributed by atoms with Gasteiger partial charge < -0.3 is 10.2 Å². The van der Waals surface area contributed by atoms with Crippen LogP contribution in [0.5, 0.6) is 0 Å². The van der Waals surface area contributed by atoms with Crippen LogP contribution in [-0.4, -0.2) is 35.0 Å². The molecule has 1 amide bonds. The quantitative estimate of drug-likeness (QED) is 0.873. The summed E-state index contributed by atoms with van der Waals surface area (Å²) in [5.74, 6) is 1.91. The number of amides is 1. The van der Waals surface area contributed by atoms with E-state index in [1.54, 1.807) is 6.33 Å². The maximum Gasteiger partial charge on any atom is 0.222 e. The van der Waals surface area contributed by atoms with Crippen LogP contribution in [0.4, 0.5) is 5.82 Å². The van der Waals surface area contributed by atoms with E-state index in [-0.39, 0.29) is 11.9 Å². The van der Waals surface area contributed by atoms with E-state index >= 15 is 0 Å². The number of aromatic nitrogens is 2. The van der Waals surface area contributed by atoms with Crippen molar-refractivity contribution in [2.75, 3.05) is 18.0 Å². The zero-order valence-corrected chi connectivity index (χ0v) is 14.4. The van der Waals surface area contributed by atoms with E-state index in [2.05, 4.69) is 34.0 Å². The molecule has 1 fully saturated rings. The van der Waals surface area contributed by atoms with E-state index in [1.165, 1.54) is 22.2 Å². The number of carbonyl (C=O) groups excluding carboxylic acids is 1. The van der Waals surface area contributed by atoms with Gasteiger partial charge in [-0.05, 0) is 37.7 Å². The van der Waals surface area contributed by atoms with Crippen molar-refractivity contribution in [2.24, 2.45) is 5.92 Å². The number of thiophene rings is 1. The van der Waals surface area contributed by atoms with Crippen LogP contribution >= 0.6 is 11.3 Å². The summed E-state index contributed by atoms with van der Waals surface area (Å²) in [5.41, 5.74) is 1.45. The maximum atomic E-state index is 11.8. The van der Waals surface area contributed by atoms with Crippen molar-refractivity contribution in [3.05, 3.63) is 16.8 Å². The fraction of sp³-hybridized carbons (Fsp3) is 0.588. The largest absolute Gasteiger partial charge is 0.354 e. The van der Waals surface area contributed by atoms with Crippen molar-refractivity contribution >= 4 is 33.3 Å². The standard InChI is InChI=1S/C17H22N4OS/c1-10-3-4-12-13(7-10)23-17-15(12)16(19-9-20-17)21-6-5-18-14(22)8-11(21)2/h9-11H,3-8H2,1-2H3,(H,18,22)/t10-,11-/m1/s1.